The van der Waals surface area contributed by atoms with Crippen LogP contribution in [0.2, 0.25) is 0 Å². The van der Waals surface area contributed by atoms with Gasteiger partial charge in [0.2, 0.25) is 5.91 Å². The smallest absolute Gasteiger partial charge is 0.252 e. The second-order valence-electron chi connectivity index (χ2n) is 4.96. The summed E-state index contributed by atoms with van der Waals surface area (Å²) in [6.45, 7) is 5.67. The molecule has 0 aliphatic carbocycles. The van der Waals surface area contributed by atoms with Gasteiger partial charge in [0.1, 0.15) is 0 Å². The van der Waals surface area contributed by atoms with Crippen LogP contribution >= 0.6 is 22.6 Å². The van der Waals surface area contributed by atoms with Gasteiger partial charge >= 0.3 is 0 Å². The summed E-state index contributed by atoms with van der Waals surface area (Å²) < 4.78 is 0.865. The molecule has 0 atom stereocenters. The Hall–Kier alpha value is -1.11. The van der Waals surface area contributed by atoms with Gasteiger partial charge in [0.05, 0.1) is 12.1 Å². The van der Waals surface area contributed by atoms with Crippen LogP contribution in [0.1, 0.15) is 31.1 Å². The first-order valence-electron chi connectivity index (χ1n) is 5.63. The van der Waals surface area contributed by atoms with Crippen LogP contribution in [-0.4, -0.2) is 23.9 Å². The highest BCUT2D eigenvalue weighted by Gasteiger charge is 2.15. The van der Waals surface area contributed by atoms with Gasteiger partial charge in [-0.2, -0.15) is 0 Å². The molecule has 0 spiro atoms. The van der Waals surface area contributed by atoms with Crippen LogP contribution in [-0.2, 0) is 4.79 Å². The molecule has 0 heterocycles. The van der Waals surface area contributed by atoms with Gasteiger partial charge in [0, 0.05) is 9.11 Å². The van der Waals surface area contributed by atoms with E-state index < -0.39 is 0 Å². The summed E-state index contributed by atoms with van der Waals surface area (Å²) in [4.78, 5) is 23.4. The topological polar surface area (TPSA) is 58.2 Å². The molecule has 18 heavy (non-hydrogen) atoms. The number of hydrogen-bond donors (Lipinski definition) is 2. The minimum absolute atomic E-state index is 0.0128. The minimum atomic E-state index is -0.289. The highest BCUT2D eigenvalue weighted by molar-refractivity contribution is 14.1. The Balaban J connectivity index is 2.52. The minimum Gasteiger partial charge on any atom is -0.350 e. The summed E-state index contributed by atoms with van der Waals surface area (Å²) in [5.41, 5.74) is 0.296. The van der Waals surface area contributed by atoms with Crippen molar-refractivity contribution in [3.8, 4) is 0 Å². The summed E-state index contributed by atoms with van der Waals surface area (Å²) in [5.74, 6) is -0.425. The second kappa shape index (κ2) is 6.17. The molecule has 2 amide bonds. The lowest BCUT2D eigenvalue weighted by Gasteiger charge is -2.20. The van der Waals surface area contributed by atoms with E-state index >= 15 is 0 Å². The molecule has 98 valence electrons. The molecular formula is C13H17IN2O2. The Morgan fingerprint density at radius 1 is 1.22 bits per heavy atom. The first-order valence-corrected chi connectivity index (χ1v) is 6.71. The van der Waals surface area contributed by atoms with Crippen molar-refractivity contribution in [2.24, 2.45) is 0 Å². The number of nitrogens with one attached hydrogen (secondary N) is 2. The van der Waals surface area contributed by atoms with Crippen molar-refractivity contribution in [3.05, 3.63) is 33.4 Å². The third kappa shape index (κ3) is 5.03. The van der Waals surface area contributed by atoms with Crippen molar-refractivity contribution >= 4 is 34.4 Å². The van der Waals surface area contributed by atoms with E-state index in [1.807, 2.05) is 32.9 Å². The Morgan fingerprint density at radius 3 is 2.39 bits per heavy atom. The number of halogens is 1. The molecule has 5 heteroatoms. The number of carbonyl (C=O) groups is 2. The number of benzene rings is 1. The molecule has 1 rings (SSSR count). The van der Waals surface area contributed by atoms with Crippen LogP contribution in [0.15, 0.2) is 24.3 Å². The number of amides is 2. The monoisotopic (exact) mass is 360 g/mol. The highest BCUT2D eigenvalue weighted by Crippen LogP contribution is 2.10. The van der Waals surface area contributed by atoms with E-state index in [1.54, 1.807) is 12.1 Å². The second-order valence-corrected chi connectivity index (χ2v) is 6.12. The van der Waals surface area contributed by atoms with Crippen LogP contribution in [0.25, 0.3) is 0 Å². The Labute approximate surface area is 121 Å². The molecule has 1 aromatic rings. The maximum absolute atomic E-state index is 11.8. The van der Waals surface area contributed by atoms with Gasteiger partial charge in [-0.3, -0.25) is 9.59 Å². The molecule has 0 bridgehead atoms. The van der Waals surface area contributed by atoms with Gasteiger partial charge in [-0.05, 0) is 55.5 Å². The first kappa shape index (κ1) is 14.9. The zero-order valence-electron chi connectivity index (χ0n) is 10.7. The molecule has 0 saturated heterocycles. The van der Waals surface area contributed by atoms with Crippen molar-refractivity contribution in [3.63, 3.8) is 0 Å². The van der Waals surface area contributed by atoms with E-state index in [0.29, 0.717) is 5.56 Å². The Bertz CT molecular complexity index is 453. The fraction of sp³-hybridized carbons (Fsp3) is 0.385. The van der Waals surface area contributed by atoms with E-state index in [1.165, 1.54) is 0 Å². The average Bonchev–Trinajstić information content (AvgIpc) is 2.24. The van der Waals surface area contributed by atoms with Crippen molar-refractivity contribution in [2.75, 3.05) is 6.54 Å². The maximum atomic E-state index is 11.8. The number of hydrogen-bond acceptors (Lipinski definition) is 2. The lowest BCUT2D eigenvalue weighted by molar-refractivity contribution is -0.121. The fourth-order valence-electron chi connectivity index (χ4n) is 1.36. The third-order valence-electron chi connectivity index (χ3n) is 2.04. The lowest BCUT2D eigenvalue weighted by atomic mass is 10.1. The normalized spacial score (nSPS) is 10.9. The molecule has 2 N–H and O–H groups in total. The molecule has 1 aromatic carbocycles. The zero-order chi connectivity index (χ0) is 13.8. The Morgan fingerprint density at radius 2 is 1.83 bits per heavy atom. The zero-order valence-corrected chi connectivity index (χ0v) is 12.9. The van der Waals surface area contributed by atoms with E-state index in [0.717, 1.165) is 3.57 Å². The highest BCUT2D eigenvalue weighted by atomic mass is 127. The number of rotatable bonds is 3. The summed E-state index contributed by atoms with van der Waals surface area (Å²) >= 11 is 2.09. The molecule has 0 unspecified atom stereocenters. The summed E-state index contributed by atoms with van der Waals surface area (Å²) in [7, 11) is 0. The molecule has 0 aliphatic rings. The number of carbonyl (C=O) groups excluding carboxylic acids is 2. The quantitative estimate of drug-likeness (QED) is 0.810. The molecule has 0 saturated carbocycles. The van der Waals surface area contributed by atoms with Gasteiger partial charge in [0.25, 0.3) is 5.91 Å². The van der Waals surface area contributed by atoms with Crippen LogP contribution < -0.4 is 10.6 Å². The van der Waals surface area contributed by atoms with Gasteiger partial charge in [-0.15, -0.1) is 0 Å². The first-order chi connectivity index (χ1) is 8.29. The van der Waals surface area contributed by atoms with Crippen LogP contribution in [0.5, 0.6) is 0 Å². The largest absolute Gasteiger partial charge is 0.350 e. The van der Waals surface area contributed by atoms with Crippen LogP contribution in [0.3, 0.4) is 0 Å². The van der Waals surface area contributed by atoms with E-state index in [2.05, 4.69) is 33.2 Å². The van der Waals surface area contributed by atoms with Crippen LogP contribution in [0, 0.1) is 3.57 Å². The lowest BCUT2D eigenvalue weighted by Crippen LogP contribution is -2.45. The summed E-state index contributed by atoms with van der Waals surface area (Å²) in [5, 5.41) is 5.39. The van der Waals surface area contributed by atoms with E-state index in [-0.39, 0.29) is 23.9 Å². The molecular weight excluding hydrogens is 343 g/mol. The van der Waals surface area contributed by atoms with Gasteiger partial charge in [-0.1, -0.05) is 12.1 Å². The van der Waals surface area contributed by atoms with Crippen molar-refractivity contribution in [1.29, 1.82) is 0 Å². The molecule has 0 aromatic heterocycles. The molecule has 4 nitrogen and oxygen atoms in total. The maximum Gasteiger partial charge on any atom is 0.252 e. The average molecular weight is 360 g/mol. The van der Waals surface area contributed by atoms with Crippen molar-refractivity contribution < 1.29 is 9.59 Å². The van der Waals surface area contributed by atoms with Crippen molar-refractivity contribution in [1.82, 2.24) is 10.6 Å². The summed E-state index contributed by atoms with van der Waals surface area (Å²) in [6, 6.07) is 7.25. The standard InChI is InChI=1S/C13H17IN2O2/c1-13(2,3)16-11(17)8-15-12(18)9-6-4-5-7-10(9)14/h4-7H,8H2,1-3H3,(H,15,18)(H,16,17). The summed E-state index contributed by atoms with van der Waals surface area (Å²) in [6.07, 6.45) is 0. The van der Waals surface area contributed by atoms with E-state index in [4.69, 9.17) is 0 Å². The van der Waals surface area contributed by atoms with Gasteiger partial charge < -0.3 is 10.6 Å². The Kier molecular flexibility index (Phi) is 5.13. The molecule has 0 aliphatic heterocycles. The van der Waals surface area contributed by atoms with E-state index in [9.17, 15) is 9.59 Å². The predicted octanol–water partition coefficient (Wildman–Crippen LogP) is 1.94. The predicted molar refractivity (Wildman–Crippen MR) is 79.4 cm³/mol. The molecule has 0 fully saturated rings. The SMILES string of the molecule is CC(C)(C)NC(=O)CNC(=O)c1ccccc1I. The fourth-order valence-corrected chi connectivity index (χ4v) is 2.00. The third-order valence-corrected chi connectivity index (χ3v) is 2.98. The van der Waals surface area contributed by atoms with Gasteiger partial charge in [-0.25, -0.2) is 0 Å². The van der Waals surface area contributed by atoms with Crippen LogP contribution in [0.4, 0.5) is 0 Å². The van der Waals surface area contributed by atoms with Gasteiger partial charge in [0.15, 0.2) is 0 Å². The van der Waals surface area contributed by atoms with Crippen molar-refractivity contribution in [2.45, 2.75) is 26.3 Å². The molecule has 0 radical (unpaired) electrons.